The molecule has 4 atom stereocenters. The number of hydrogen-bond acceptors (Lipinski definition) is 10. The lowest BCUT2D eigenvalue weighted by Crippen LogP contribution is -2.36. The fourth-order valence-corrected chi connectivity index (χ4v) is 3.61. The number of esters is 2. The highest BCUT2D eigenvalue weighted by Crippen LogP contribution is 2.21. The topological polar surface area (TPSA) is 164 Å². The Morgan fingerprint density at radius 1 is 0.658 bits per heavy atom. The van der Waals surface area contributed by atoms with Crippen molar-refractivity contribution in [3.63, 3.8) is 0 Å². The maximum Gasteiger partial charge on any atom is 0.410 e. The second-order valence-corrected chi connectivity index (χ2v) is 10.8. The Morgan fingerprint density at radius 3 is 1.18 bits per heavy atom. The number of carbonyl (C=O) groups is 4. The Morgan fingerprint density at radius 2 is 0.947 bits per heavy atom. The van der Waals surface area contributed by atoms with Crippen molar-refractivity contribution in [3.05, 3.63) is 0 Å². The van der Waals surface area contributed by atoms with Gasteiger partial charge in [0.25, 0.3) is 0 Å². The van der Waals surface area contributed by atoms with E-state index in [2.05, 4.69) is 0 Å². The molecule has 2 aliphatic heterocycles. The molecule has 0 aromatic carbocycles. The minimum absolute atomic E-state index is 0. The zero-order valence-corrected chi connectivity index (χ0v) is 25.3. The molecule has 0 aliphatic carbocycles. The van der Waals surface area contributed by atoms with Crippen LogP contribution < -0.4 is 11.5 Å². The van der Waals surface area contributed by atoms with Crippen molar-refractivity contribution in [1.29, 1.82) is 0 Å². The van der Waals surface area contributed by atoms with E-state index in [1.54, 1.807) is 55.4 Å². The number of nitrogens with two attached hydrogens (primary N) is 2. The van der Waals surface area contributed by atoms with Crippen LogP contribution in [-0.4, -0.2) is 96.6 Å². The molecule has 4 N–H and O–H groups in total. The summed E-state index contributed by atoms with van der Waals surface area (Å²) in [6, 6.07) is -0.784. The third kappa shape index (κ3) is 12.7. The summed E-state index contributed by atoms with van der Waals surface area (Å²) in [5.74, 6) is -1.62. The van der Waals surface area contributed by atoms with Gasteiger partial charge in [-0.1, -0.05) is 0 Å². The Labute approximate surface area is 238 Å². The maximum atomic E-state index is 11.8. The van der Waals surface area contributed by atoms with Gasteiger partial charge in [0.1, 0.15) is 11.2 Å². The number of amides is 2. The third-order valence-electron chi connectivity index (χ3n) is 5.21. The summed E-state index contributed by atoms with van der Waals surface area (Å²) in [6.45, 7) is 16.0. The average Bonchev–Trinajstić information content (AvgIpc) is 3.29. The molecule has 2 saturated heterocycles. The van der Waals surface area contributed by atoms with Crippen molar-refractivity contribution in [2.24, 2.45) is 23.3 Å². The van der Waals surface area contributed by atoms with E-state index in [4.69, 9.17) is 30.4 Å². The molecule has 0 aromatic heterocycles. The van der Waals surface area contributed by atoms with Crippen molar-refractivity contribution >= 4 is 48.9 Å². The summed E-state index contributed by atoms with van der Waals surface area (Å²) < 4.78 is 20.3. The molecule has 0 aromatic rings. The number of carbonyl (C=O) groups excluding carboxylic acids is 4. The molecule has 0 saturated carbocycles. The van der Waals surface area contributed by atoms with Gasteiger partial charge in [0.2, 0.25) is 0 Å². The highest BCUT2D eigenvalue weighted by atomic mass is 35.5. The predicted octanol–water partition coefficient (Wildman–Crippen LogP) is 2.33. The monoisotopic (exact) mass is 588 g/mol. The van der Waals surface area contributed by atoms with Crippen molar-refractivity contribution < 1.29 is 38.1 Å². The van der Waals surface area contributed by atoms with Crippen LogP contribution in [-0.2, 0) is 28.5 Å². The fraction of sp³-hybridized carbons (Fsp3) is 0.833. The second-order valence-electron chi connectivity index (χ2n) is 10.8. The van der Waals surface area contributed by atoms with E-state index < -0.39 is 47.3 Å². The Bertz CT molecular complexity index is 724. The summed E-state index contributed by atoms with van der Waals surface area (Å²) >= 11 is 0. The normalized spacial score (nSPS) is 22.7. The van der Waals surface area contributed by atoms with Gasteiger partial charge in [-0.15, -0.1) is 24.8 Å². The van der Waals surface area contributed by atoms with Crippen molar-refractivity contribution in [2.45, 2.75) is 78.7 Å². The maximum absolute atomic E-state index is 11.8. The third-order valence-corrected chi connectivity index (χ3v) is 5.21. The molecule has 0 bridgehead atoms. The molecule has 14 heteroatoms. The van der Waals surface area contributed by atoms with Crippen molar-refractivity contribution in [2.75, 3.05) is 39.4 Å². The van der Waals surface area contributed by atoms with E-state index in [1.165, 1.54) is 9.80 Å². The fourth-order valence-electron chi connectivity index (χ4n) is 3.61. The van der Waals surface area contributed by atoms with E-state index in [0.29, 0.717) is 26.3 Å². The van der Waals surface area contributed by atoms with Gasteiger partial charge in [0, 0.05) is 38.3 Å². The lowest BCUT2D eigenvalue weighted by molar-refractivity contribution is -0.148. The first-order chi connectivity index (χ1) is 16.5. The molecular weight excluding hydrogens is 543 g/mol. The number of halogens is 2. The average molecular weight is 590 g/mol. The number of ether oxygens (including phenoxy) is 4. The molecule has 224 valence electrons. The van der Waals surface area contributed by atoms with E-state index in [1.807, 2.05) is 0 Å². The predicted molar refractivity (Wildman–Crippen MR) is 146 cm³/mol. The molecular formula is C24H46Cl2N4O8. The quantitative estimate of drug-likeness (QED) is 0.367. The molecule has 2 amide bonds. The first-order valence-corrected chi connectivity index (χ1v) is 12.3. The Hall–Kier alpha value is -2.02. The Balaban J connectivity index is 0. The Kier molecular flexibility index (Phi) is 16.2. The largest absolute Gasteiger partial charge is 0.466 e. The standard InChI is InChI=1S/2C12H22N2O4.2ClH/c2*1-5-17-10(15)8-6-14(7-9(8)13)11(16)18-12(2,3)4;;/h2*8-9H,5-7,13H2,1-4H3;2*1H/t2*8-,9-;;/m10../s1. The zero-order chi connectivity index (χ0) is 27.8. The van der Waals surface area contributed by atoms with E-state index >= 15 is 0 Å². The van der Waals surface area contributed by atoms with Crippen LogP contribution >= 0.6 is 24.8 Å². The molecule has 2 aliphatic rings. The lowest BCUT2D eigenvalue weighted by atomic mass is 10.1. The molecule has 0 radical (unpaired) electrons. The van der Waals surface area contributed by atoms with Gasteiger partial charge < -0.3 is 40.2 Å². The van der Waals surface area contributed by atoms with Crippen LogP contribution in [0.25, 0.3) is 0 Å². The van der Waals surface area contributed by atoms with Gasteiger partial charge in [0.05, 0.1) is 25.0 Å². The van der Waals surface area contributed by atoms with Gasteiger partial charge >= 0.3 is 24.1 Å². The van der Waals surface area contributed by atoms with Gasteiger partial charge in [-0.05, 0) is 55.4 Å². The summed E-state index contributed by atoms with van der Waals surface area (Å²) in [4.78, 5) is 49.8. The molecule has 2 rings (SSSR count). The number of hydrogen-bond donors (Lipinski definition) is 2. The van der Waals surface area contributed by atoms with Crippen LogP contribution in [0.4, 0.5) is 9.59 Å². The summed E-state index contributed by atoms with van der Waals surface area (Å²) in [5.41, 5.74) is 10.6. The lowest BCUT2D eigenvalue weighted by Gasteiger charge is -2.24. The minimum atomic E-state index is -0.552. The van der Waals surface area contributed by atoms with Crippen LogP contribution in [0.1, 0.15) is 55.4 Å². The van der Waals surface area contributed by atoms with Crippen LogP contribution in [0.15, 0.2) is 0 Å². The molecule has 2 heterocycles. The number of nitrogens with zero attached hydrogens (tertiary/aromatic N) is 2. The highest BCUT2D eigenvalue weighted by molar-refractivity contribution is 5.85. The van der Waals surface area contributed by atoms with Gasteiger partial charge in [-0.25, -0.2) is 9.59 Å². The van der Waals surface area contributed by atoms with Crippen molar-refractivity contribution in [1.82, 2.24) is 9.80 Å². The molecule has 0 spiro atoms. The van der Waals surface area contributed by atoms with Crippen molar-refractivity contribution in [3.8, 4) is 0 Å². The molecule has 2 fully saturated rings. The smallest absolute Gasteiger partial charge is 0.410 e. The molecule has 0 unspecified atom stereocenters. The van der Waals surface area contributed by atoms with Crippen LogP contribution in [0.2, 0.25) is 0 Å². The van der Waals surface area contributed by atoms with Gasteiger partial charge in [-0.2, -0.15) is 0 Å². The van der Waals surface area contributed by atoms with Crippen LogP contribution in [0.5, 0.6) is 0 Å². The second kappa shape index (κ2) is 16.2. The highest BCUT2D eigenvalue weighted by Gasteiger charge is 2.41. The zero-order valence-electron chi connectivity index (χ0n) is 23.7. The molecule has 38 heavy (non-hydrogen) atoms. The van der Waals surface area contributed by atoms with E-state index in [-0.39, 0.29) is 49.8 Å². The minimum Gasteiger partial charge on any atom is -0.466 e. The van der Waals surface area contributed by atoms with Crippen LogP contribution in [0.3, 0.4) is 0 Å². The first-order valence-electron chi connectivity index (χ1n) is 12.3. The van der Waals surface area contributed by atoms with Gasteiger partial charge in [-0.3, -0.25) is 9.59 Å². The number of likely N-dealkylation sites (tertiary alicyclic amines) is 2. The van der Waals surface area contributed by atoms with E-state index in [9.17, 15) is 19.2 Å². The number of rotatable bonds is 4. The summed E-state index contributed by atoms with van der Waals surface area (Å²) in [7, 11) is 0. The summed E-state index contributed by atoms with van der Waals surface area (Å²) in [5, 5.41) is 0. The SMILES string of the molecule is CCOC(=O)[C@@H]1CN(C(=O)OC(C)(C)C)C[C@H]1N.CCOC(=O)[C@H]1CN(C(=O)OC(C)(C)C)C[C@@H]1N.Cl.Cl. The van der Waals surface area contributed by atoms with Crippen LogP contribution in [0, 0.1) is 11.8 Å². The first kappa shape index (κ1) is 38.1. The molecule has 12 nitrogen and oxygen atoms in total. The van der Waals surface area contributed by atoms with Gasteiger partial charge in [0.15, 0.2) is 0 Å². The van der Waals surface area contributed by atoms with E-state index in [0.717, 1.165) is 0 Å². The summed E-state index contributed by atoms with van der Waals surface area (Å²) in [6.07, 6.45) is -0.880.